The highest BCUT2D eigenvalue weighted by molar-refractivity contribution is 6.30. The lowest BCUT2D eigenvalue weighted by Crippen LogP contribution is -2.49. The van der Waals surface area contributed by atoms with Gasteiger partial charge in [0.2, 0.25) is 5.60 Å². The first-order valence-corrected chi connectivity index (χ1v) is 8.55. The van der Waals surface area contributed by atoms with Gasteiger partial charge in [0.05, 0.1) is 11.1 Å². The summed E-state index contributed by atoms with van der Waals surface area (Å²) in [4.78, 5) is 3.92. The lowest BCUT2D eigenvalue weighted by Gasteiger charge is -2.30. The van der Waals surface area contributed by atoms with Gasteiger partial charge in [0.25, 0.3) is 0 Å². The Hall–Kier alpha value is -1.97. The highest BCUT2D eigenvalue weighted by Gasteiger charge is 2.56. The molecule has 0 saturated heterocycles. The normalized spacial score (nSPS) is 17.7. The summed E-state index contributed by atoms with van der Waals surface area (Å²) in [5.41, 5.74) is -0.858. The Labute approximate surface area is 162 Å². The van der Waals surface area contributed by atoms with Crippen LogP contribution in [0.4, 0.5) is 22.0 Å². The van der Waals surface area contributed by atoms with Crippen LogP contribution >= 0.6 is 11.6 Å². The third-order valence-corrected chi connectivity index (χ3v) is 5.11. The van der Waals surface area contributed by atoms with Crippen molar-refractivity contribution < 1.29 is 31.8 Å². The third kappa shape index (κ3) is 3.11. The average molecular weight is 423 g/mol. The Morgan fingerprint density at radius 2 is 1.79 bits per heavy atom. The predicted molar refractivity (Wildman–Crippen MR) is 92.8 cm³/mol. The SMILES string of the molecule is NC[C@](O)(c1cc2c(c(-c3ccc(Cl)cc3)n1)OCC2(CF)CF)C(F)(F)F. The van der Waals surface area contributed by atoms with Gasteiger partial charge in [-0.3, -0.25) is 0 Å². The van der Waals surface area contributed by atoms with Gasteiger partial charge in [0.1, 0.15) is 31.4 Å². The molecule has 0 bridgehead atoms. The second-order valence-corrected chi connectivity index (χ2v) is 7.07. The summed E-state index contributed by atoms with van der Waals surface area (Å²) in [6, 6.07) is 6.71. The molecule has 0 amide bonds. The van der Waals surface area contributed by atoms with Crippen LogP contribution in [0.2, 0.25) is 5.02 Å². The van der Waals surface area contributed by atoms with Crippen LogP contribution in [0.25, 0.3) is 11.3 Å². The van der Waals surface area contributed by atoms with E-state index >= 15 is 0 Å². The van der Waals surface area contributed by atoms with E-state index in [1.807, 2.05) is 0 Å². The fourth-order valence-electron chi connectivity index (χ4n) is 3.00. The van der Waals surface area contributed by atoms with E-state index in [2.05, 4.69) is 4.98 Å². The molecule has 1 atom stereocenters. The smallest absolute Gasteiger partial charge is 0.424 e. The molecular weight excluding hydrogens is 407 g/mol. The van der Waals surface area contributed by atoms with Gasteiger partial charge in [0, 0.05) is 22.7 Å². The largest absolute Gasteiger partial charge is 0.490 e. The number of aliphatic hydroxyl groups is 1. The van der Waals surface area contributed by atoms with Crippen LogP contribution in [0.3, 0.4) is 0 Å². The Morgan fingerprint density at radius 3 is 2.29 bits per heavy atom. The zero-order valence-electron chi connectivity index (χ0n) is 14.4. The molecule has 0 unspecified atom stereocenters. The van der Waals surface area contributed by atoms with Crippen molar-refractivity contribution in [3.05, 3.63) is 46.6 Å². The summed E-state index contributed by atoms with van der Waals surface area (Å²) in [5.74, 6) is -0.0390. The fraction of sp³-hybridized carbons (Fsp3) is 0.389. The van der Waals surface area contributed by atoms with E-state index < -0.39 is 49.4 Å². The first-order chi connectivity index (χ1) is 13.1. The van der Waals surface area contributed by atoms with Gasteiger partial charge in [-0.15, -0.1) is 0 Å². The summed E-state index contributed by atoms with van der Waals surface area (Å²) in [7, 11) is 0. The minimum atomic E-state index is -5.16. The molecule has 0 aliphatic carbocycles. The monoisotopic (exact) mass is 422 g/mol. The second kappa shape index (κ2) is 7.13. The molecule has 1 aliphatic rings. The van der Waals surface area contributed by atoms with Gasteiger partial charge in [-0.05, 0) is 18.2 Å². The highest BCUT2D eigenvalue weighted by Crippen LogP contribution is 2.48. The van der Waals surface area contributed by atoms with E-state index in [4.69, 9.17) is 22.1 Å². The number of nitrogens with zero attached hydrogens (tertiary/aromatic N) is 1. The number of benzene rings is 1. The summed E-state index contributed by atoms with van der Waals surface area (Å²) in [6.45, 7) is -4.03. The Balaban J connectivity index is 2.32. The second-order valence-electron chi connectivity index (χ2n) is 6.64. The molecule has 0 saturated carbocycles. The van der Waals surface area contributed by atoms with E-state index in [0.717, 1.165) is 6.07 Å². The van der Waals surface area contributed by atoms with Crippen molar-refractivity contribution in [3.8, 4) is 17.0 Å². The Bertz CT molecular complexity index is 872. The number of rotatable bonds is 5. The van der Waals surface area contributed by atoms with Crippen LogP contribution in [-0.4, -0.2) is 42.8 Å². The lowest BCUT2D eigenvalue weighted by atomic mass is 9.82. The number of pyridine rings is 1. The number of aromatic nitrogens is 1. The minimum Gasteiger partial charge on any atom is -0.490 e. The van der Waals surface area contributed by atoms with Crippen LogP contribution in [0.1, 0.15) is 11.3 Å². The van der Waals surface area contributed by atoms with Crippen molar-refractivity contribution in [1.82, 2.24) is 4.98 Å². The van der Waals surface area contributed by atoms with Gasteiger partial charge < -0.3 is 15.6 Å². The van der Waals surface area contributed by atoms with Crippen molar-refractivity contribution >= 4 is 11.6 Å². The molecule has 4 nitrogen and oxygen atoms in total. The molecule has 2 aromatic rings. The van der Waals surface area contributed by atoms with E-state index in [0.29, 0.717) is 10.6 Å². The van der Waals surface area contributed by atoms with Crippen molar-refractivity contribution in [3.63, 3.8) is 0 Å². The molecule has 2 heterocycles. The Morgan fingerprint density at radius 1 is 1.18 bits per heavy atom. The van der Waals surface area contributed by atoms with Crippen LogP contribution in [0.15, 0.2) is 30.3 Å². The molecule has 3 rings (SSSR count). The summed E-state index contributed by atoms with van der Waals surface area (Å²) >= 11 is 5.84. The molecule has 1 aliphatic heterocycles. The lowest BCUT2D eigenvalue weighted by molar-refractivity contribution is -0.263. The molecule has 0 spiro atoms. The minimum absolute atomic E-state index is 0.0390. The number of hydrogen-bond acceptors (Lipinski definition) is 4. The molecule has 1 aromatic carbocycles. The molecule has 1 aromatic heterocycles. The maximum Gasteiger partial charge on any atom is 0.424 e. The van der Waals surface area contributed by atoms with Gasteiger partial charge in [-0.2, -0.15) is 13.2 Å². The number of fused-ring (bicyclic) bond motifs is 1. The maximum atomic E-state index is 13.7. The van der Waals surface area contributed by atoms with Gasteiger partial charge >= 0.3 is 6.18 Å². The standard InChI is InChI=1S/C18H16ClF5N2O2/c19-11-3-1-10(2-4-11)14-15-12(16(6-20,7-21)9-28-15)5-13(26-14)17(27,8-25)18(22,23)24/h1-5,27H,6-9,25H2/t17-/m0/s1. The van der Waals surface area contributed by atoms with Crippen molar-refractivity contribution in [2.45, 2.75) is 17.2 Å². The van der Waals surface area contributed by atoms with E-state index in [1.165, 1.54) is 24.3 Å². The molecule has 3 N–H and O–H groups in total. The molecule has 0 fully saturated rings. The van der Waals surface area contributed by atoms with Crippen LogP contribution < -0.4 is 10.5 Å². The van der Waals surface area contributed by atoms with Crippen LogP contribution in [0.5, 0.6) is 5.75 Å². The first-order valence-electron chi connectivity index (χ1n) is 8.18. The van der Waals surface area contributed by atoms with Gasteiger partial charge in [-0.25, -0.2) is 13.8 Å². The number of halogens is 6. The number of alkyl halides is 5. The summed E-state index contributed by atoms with van der Waals surface area (Å²) in [5, 5.41) is 10.6. The fourth-order valence-corrected chi connectivity index (χ4v) is 3.13. The van der Waals surface area contributed by atoms with Crippen molar-refractivity contribution in [2.24, 2.45) is 5.73 Å². The third-order valence-electron chi connectivity index (χ3n) is 4.85. The van der Waals surface area contributed by atoms with Gasteiger partial charge in [0.15, 0.2) is 0 Å². The van der Waals surface area contributed by atoms with Crippen LogP contribution in [0, 0.1) is 0 Å². The molecule has 152 valence electrons. The highest BCUT2D eigenvalue weighted by atomic mass is 35.5. The van der Waals surface area contributed by atoms with Crippen LogP contribution in [-0.2, 0) is 11.0 Å². The molecular formula is C18H16ClF5N2O2. The quantitative estimate of drug-likeness (QED) is 0.721. The molecule has 10 heteroatoms. The number of nitrogens with two attached hydrogens (primary N) is 1. The average Bonchev–Trinajstić information content (AvgIpc) is 3.05. The van der Waals surface area contributed by atoms with E-state index in [-0.39, 0.29) is 17.0 Å². The van der Waals surface area contributed by atoms with E-state index in [1.54, 1.807) is 0 Å². The number of hydrogen-bond donors (Lipinski definition) is 2. The van der Waals surface area contributed by atoms with E-state index in [9.17, 15) is 27.1 Å². The maximum absolute atomic E-state index is 13.7. The summed E-state index contributed by atoms with van der Waals surface area (Å²) in [6.07, 6.45) is -5.16. The van der Waals surface area contributed by atoms with Gasteiger partial charge in [-0.1, -0.05) is 23.7 Å². The summed E-state index contributed by atoms with van der Waals surface area (Å²) < 4.78 is 73.4. The van der Waals surface area contributed by atoms with Crippen molar-refractivity contribution in [1.29, 1.82) is 0 Å². The van der Waals surface area contributed by atoms with Crippen molar-refractivity contribution in [2.75, 3.05) is 26.5 Å². The molecule has 28 heavy (non-hydrogen) atoms. The zero-order valence-corrected chi connectivity index (χ0v) is 15.1. The predicted octanol–water partition coefficient (Wildman–Crippen LogP) is 3.68. The first kappa shape index (κ1) is 20.8. The number of ether oxygens (including phenoxy) is 1. The molecule has 0 radical (unpaired) electrons. The Kier molecular flexibility index (Phi) is 5.28. The topological polar surface area (TPSA) is 68.4 Å². The zero-order chi connectivity index (χ0) is 20.7.